The molecule has 2 aromatic carbocycles. The lowest BCUT2D eigenvalue weighted by atomic mass is 10.0. The van der Waals surface area contributed by atoms with E-state index < -0.39 is 0 Å². The highest BCUT2D eigenvalue weighted by atomic mass is 32.2. The van der Waals surface area contributed by atoms with Crippen molar-refractivity contribution in [1.29, 1.82) is 0 Å². The highest BCUT2D eigenvalue weighted by Gasteiger charge is 2.09. The molecule has 0 amide bonds. The van der Waals surface area contributed by atoms with Gasteiger partial charge in [0.2, 0.25) is 0 Å². The van der Waals surface area contributed by atoms with Gasteiger partial charge in [-0.15, -0.1) is 11.8 Å². The van der Waals surface area contributed by atoms with Gasteiger partial charge in [0.1, 0.15) is 0 Å². The Morgan fingerprint density at radius 3 is 2.60 bits per heavy atom. The molecular weight excluding hydrogens is 268 g/mol. The molecule has 0 aliphatic carbocycles. The standard InChI is InChI=1S/C16H20N2OS/c1-2-3-6-11-20-15-10-9-14(16(17)18-19)12-7-4-5-8-13(12)15/h4-5,7-10,19H,2-3,6,11H2,1H3,(H2,17,18). The van der Waals surface area contributed by atoms with Crippen molar-refractivity contribution in [2.75, 3.05) is 5.75 Å². The van der Waals surface area contributed by atoms with Crippen LogP contribution in [-0.4, -0.2) is 16.8 Å². The lowest BCUT2D eigenvalue weighted by molar-refractivity contribution is 0.318. The van der Waals surface area contributed by atoms with E-state index in [0.717, 1.165) is 22.1 Å². The predicted octanol–water partition coefficient (Wildman–Crippen LogP) is 4.22. The van der Waals surface area contributed by atoms with Gasteiger partial charge in [-0.3, -0.25) is 0 Å². The maximum absolute atomic E-state index is 8.88. The fraction of sp³-hybridized carbons (Fsp3) is 0.312. The molecule has 106 valence electrons. The monoisotopic (exact) mass is 288 g/mol. The van der Waals surface area contributed by atoms with Crippen molar-refractivity contribution in [2.24, 2.45) is 10.9 Å². The number of oxime groups is 1. The Morgan fingerprint density at radius 1 is 1.15 bits per heavy atom. The van der Waals surface area contributed by atoms with Gasteiger partial charge in [0.05, 0.1) is 0 Å². The molecule has 2 rings (SSSR count). The Kier molecular flexibility index (Phi) is 5.30. The molecule has 0 aliphatic rings. The van der Waals surface area contributed by atoms with E-state index >= 15 is 0 Å². The molecule has 0 spiro atoms. The van der Waals surface area contributed by atoms with Crippen LogP contribution in [0.4, 0.5) is 0 Å². The van der Waals surface area contributed by atoms with Crippen molar-refractivity contribution >= 4 is 28.4 Å². The number of hydrogen-bond acceptors (Lipinski definition) is 3. The molecule has 0 heterocycles. The van der Waals surface area contributed by atoms with Crippen LogP contribution in [0.5, 0.6) is 0 Å². The van der Waals surface area contributed by atoms with E-state index in [1.54, 1.807) is 0 Å². The summed E-state index contributed by atoms with van der Waals surface area (Å²) in [6.45, 7) is 2.21. The van der Waals surface area contributed by atoms with Crippen LogP contribution in [0.3, 0.4) is 0 Å². The van der Waals surface area contributed by atoms with E-state index in [1.807, 2.05) is 36.0 Å². The minimum atomic E-state index is 0.156. The van der Waals surface area contributed by atoms with Crippen LogP contribution in [0.2, 0.25) is 0 Å². The van der Waals surface area contributed by atoms with E-state index in [9.17, 15) is 0 Å². The van der Waals surface area contributed by atoms with Gasteiger partial charge in [-0.05, 0) is 35.1 Å². The van der Waals surface area contributed by atoms with Gasteiger partial charge >= 0.3 is 0 Å². The summed E-state index contributed by atoms with van der Waals surface area (Å²) in [5.74, 6) is 1.28. The molecule has 3 nitrogen and oxygen atoms in total. The van der Waals surface area contributed by atoms with Gasteiger partial charge in [0.15, 0.2) is 5.84 Å². The molecule has 0 aliphatic heterocycles. The molecule has 0 fully saturated rings. The van der Waals surface area contributed by atoms with Crippen molar-refractivity contribution in [3.8, 4) is 0 Å². The Morgan fingerprint density at radius 2 is 1.90 bits per heavy atom. The number of amidine groups is 1. The minimum Gasteiger partial charge on any atom is -0.409 e. The predicted molar refractivity (Wildman–Crippen MR) is 86.7 cm³/mol. The summed E-state index contributed by atoms with van der Waals surface area (Å²) >= 11 is 1.87. The first kappa shape index (κ1) is 14.7. The van der Waals surface area contributed by atoms with Crippen LogP contribution in [0.1, 0.15) is 31.7 Å². The fourth-order valence-electron chi connectivity index (χ4n) is 2.21. The molecule has 0 aromatic heterocycles. The van der Waals surface area contributed by atoms with Gasteiger partial charge in [0, 0.05) is 10.5 Å². The maximum atomic E-state index is 8.88. The Bertz CT molecular complexity index is 610. The summed E-state index contributed by atoms with van der Waals surface area (Å²) in [5, 5.41) is 14.2. The van der Waals surface area contributed by atoms with E-state index in [0.29, 0.717) is 0 Å². The first-order valence-electron chi connectivity index (χ1n) is 6.90. The number of unbranched alkanes of at least 4 members (excludes halogenated alkanes) is 2. The number of nitrogens with zero attached hydrogens (tertiary/aromatic N) is 1. The van der Waals surface area contributed by atoms with Gasteiger partial charge in [-0.25, -0.2) is 0 Å². The number of benzene rings is 2. The van der Waals surface area contributed by atoms with Crippen molar-refractivity contribution in [1.82, 2.24) is 0 Å². The molecule has 4 heteroatoms. The third-order valence-corrected chi connectivity index (χ3v) is 4.43. The van der Waals surface area contributed by atoms with E-state index in [4.69, 9.17) is 10.9 Å². The molecule has 3 N–H and O–H groups in total. The summed E-state index contributed by atoms with van der Waals surface area (Å²) < 4.78 is 0. The van der Waals surface area contributed by atoms with Crippen molar-refractivity contribution < 1.29 is 5.21 Å². The second kappa shape index (κ2) is 7.20. The van der Waals surface area contributed by atoms with Gasteiger partial charge in [0.25, 0.3) is 0 Å². The van der Waals surface area contributed by atoms with Crippen LogP contribution in [-0.2, 0) is 0 Å². The molecular formula is C16H20N2OS. The van der Waals surface area contributed by atoms with Gasteiger partial charge in [-0.1, -0.05) is 49.2 Å². The molecule has 0 radical (unpaired) electrons. The van der Waals surface area contributed by atoms with Crippen molar-refractivity contribution in [3.63, 3.8) is 0 Å². The van der Waals surface area contributed by atoms with Crippen molar-refractivity contribution in [3.05, 3.63) is 42.0 Å². The summed E-state index contributed by atoms with van der Waals surface area (Å²) in [6, 6.07) is 12.1. The highest BCUT2D eigenvalue weighted by Crippen LogP contribution is 2.30. The number of rotatable bonds is 6. The van der Waals surface area contributed by atoms with Crippen LogP contribution in [0.15, 0.2) is 46.4 Å². The topological polar surface area (TPSA) is 58.6 Å². The van der Waals surface area contributed by atoms with Crippen LogP contribution in [0, 0.1) is 0 Å². The molecule has 20 heavy (non-hydrogen) atoms. The second-order valence-electron chi connectivity index (χ2n) is 4.70. The zero-order valence-electron chi connectivity index (χ0n) is 11.7. The summed E-state index contributed by atoms with van der Waals surface area (Å²) in [7, 11) is 0. The summed E-state index contributed by atoms with van der Waals surface area (Å²) in [6.07, 6.45) is 3.74. The Balaban J connectivity index is 2.34. The molecule has 0 saturated carbocycles. The number of nitrogens with two attached hydrogens (primary N) is 1. The Labute approximate surface area is 123 Å². The molecule has 0 saturated heterocycles. The summed E-state index contributed by atoms with van der Waals surface area (Å²) in [4.78, 5) is 1.26. The normalized spacial score (nSPS) is 11.9. The van der Waals surface area contributed by atoms with Gasteiger partial charge in [-0.2, -0.15) is 0 Å². The van der Waals surface area contributed by atoms with E-state index in [-0.39, 0.29) is 5.84 Å². The molecule has 2 aromatic rings. The van der Waals surface area contributed by atoms with E-state index in [1.165, 1.54) is 24.2 Å². The first-order valence-corrected chi connectivity index (χ1v) is 7.89. The average Bonchev–Trinajstić information content (AvgIpc) is 2.50. The average molecular weight is 288 g/mol. The third-order valence-electron chi connectivity index (χ3n) is 3.27. The molecule has 0 bridgehead atoms. The smallest absolute Gasteiger partial charge is 0.170 e. The first-order chi connectivity index (χ1) is 9.77. The SMILES string of the molecule is CCCCCSc1ccc(/C(N)=N/O)c2ccccc12. The molecule has 0 unspecified atom stereocenters. The van der Waals surface area contributed by atoms with Crippen LogP contribution in [0.25, 0.3) is 10.8 Å². The van der Waals surface area contributed by atoms with E-state index in [2.05, 4.69) is 24.2 Å². The van der Waals surface area contributed by atoms with Crippen LogP contribution >= 0.6 is 11.8 Å². The van der Waals surface area contributed by atoms with Gasteiger partial charge < -0.3 is 10.9 Å². The lowest BCUT2D eigenvalue weighted by Gasteiger charge is -2.10. The maximum Gasteiger partial charge on any atom is 0.170 e. The lowest BCUT2D eigenvalue weighted by Crippen LogP contribution is -2.13. The second-order valence-corrected chi connectivity index (χ2v) is 5.83. The number of hydrogen-bond donors (Lipinski definition) is 2. The van der Waals surface area contributed by atoms with Crippen LogP contribution < -0.4 is 5.73 Å². The van der Waals surface area contributed by atoms with Crippen molar-refractivity contribution in [2.45, 2.75) is 31.1 Å². The molecule has 0 atom stereocenters. The Hall–Kier alpha value is -1.68. The zero-order chi connectivity index (χ0) is 14.4. The summed E-state index contributed by atoms with van der Waals surface area (Å²) in [5.41, 5.74) is 6.52. The number of thioether (sulfide) groups is 1. The quantitative estimate of drug-likeness (QED) is 0.209. The minimum absolute atomic E-state index is 0.156. The zero-order valence-corrected chi connectivity index (χ0v) is 12.5. The number of fused-ring (bicyclic) bond motifs is 1. The third kappa shape index (κ3) is 3.25. The highest BCUT2D eigenvalue weighted by molar-refractivity contribution is 7.99. The fourth-order valence-corrected chi connectivity index (χ4v) is 3.27. The largest absolute Gasteiger partial charge is 0.409 e.